The summed E-state index contributed by atoms with van der Waals surface area (Å²) in [7, 11) is 0. The van der Waals surface area contributed by atoms with E-state index in [9.17, 15) is 18.0 Å². The lowest BCUT2D eigenvalue weighted by molar-refractivity contribution is -0.150. The van der Waals surface area contributed by atoms with Crippen LogP contribution in [0.4, 0.5) is 13.2 Å². The molecule has 0 atom stereocenters. The van der Waals surface area contributed by atoms with Crippen LogP contribution in [0.15, 0.2) is 16.9 Å². The van der Waals surface area contributed by atoms with Gasteiger partial charge in [-0.25, -0.2) is 4.79 Å². The third-order valence-corrected chi connectivity index (χ3v) is 9.81. The molecule has 0 aromatic carbocycles. The topological polar surface area (TPSA) is 108 Å². The zero-order valence-corrected chi connectivity index (χ0v) is 23.4. The second kappa shape index (κ2) is 10.1. The molecule has 0 radical (unpaired) electrons. The van der Waals surface area contributed by atoms with Gasteiger partial charge in [-0.3, -0.25) is 4.98 Å². The summed E-state index contributed by atoms with van der Waals surface area (Å²) in [4.78, 5) is 17.9. The molecule has 0 spiro atoms. The number of carbonyl (C=O) groups is 1. The molecule has 7 rings (SSSR count). The number of alkyl halides is 3. The van der Waals surface area contributed by atoms with Gasteiger partial charge in [-0.05, 0) is 51.4 Å². The van der Waals surface area contributed by atoms with Crippen molar-refractivity contribution >= 4 is 40.5 Å². The fourth-order valence-electron chi connectivity index (χ4n) is 5.76. The fraction of sp³-hybridized carbons (Fsp3) is 0.538. The minimum Gasteiger partial charge on any atom is -0.477 e. The van der Waals surface area contributed by atoms with Crippen molar-refractivity contribution in [3.05, 3.63) is 44.3 Å². The van der Waals surface area contributed by atoms with E-state index in [1.54, 1.807) is 0 Å². The molecular weight excluding hydrogens is 594 g/mol. The monoisotopic (exact) mass is 617 g/mol. The Kier molecular flexibility index (Phi) is 7.04. The van der Waals surface area contributed by atoms with E-state index in [0.29, 0.717) is 45.2 Å². The molecule has 0 unspecified atom stereocenters. The third-order valence-electron chi connectivity index (χ3n) is 8.28. The Bertz CT molecular complexity index is 1410. The van der Waals surface area contributed by atoms with Gasteiger partial charge in [0.1, 0.15) is 16.3 Å². The number of halogens is 5. The van der Waals surface area contributed by atoms with Crippen LogP contribution in [0.1, 0.15) is 84.0 Å². The molecule has 4 fully saturated rings. The fourth-order valence-corrected chi connectivity index (χ4v) is 7.08. The van der Waals surface area contributed by atoms with Gasteiger partial charge in [0.05, 0.1) is 28.9 Å². The molecular formula is C26H24Cl2F3N3O5S. The molecule has 0 aliphatic heterocycles. The predicted octanol–water partition coefficient (Wildman–Crippen LogP) is 7.78. The van der Waals surface area contributed by atoms with Crippen molar-refractivity contribution in [2.45, 2.75) is 75.7 Å². The van der Waals surface area contributed by atoms with Gasteiger partial charge in [0.25, 0.3) is 5.19 Å². The highest BCUT2D eigenvalue weighted by Gasteiger charge is 2.50. The second-order valence-electron chi connectivity index (χ2n) is 10.8. The lowest BCUT2D eigenvalue weighted by Gasteiger charge is -2.52. The summed E-state index contributed by atoms with van der Waals surface area (Å²) in [6.45, 7) is 0.466. The minimum absolute atomic E-state index is 0.174. The van der Waals surface area contributed by atoms with Crippen LogP contribution in [0.25, 0.3) is 11.3 Å². The molecule has 1 N–H and O–H groups in total. The third kappa shape index (κ3) is 5.19. The summed E-state index contributed by atoms with van der Waals surface area (Å²) >= 11 is 13.2. The summed E-state index contributed by atoms with van der Waals surface area (Å²) in [6.07, 6.45) is 4.79. The van der Waals surface area contributed by atoms with Crippen LogP contribution in [0.5, 0.6) is 5.19 Å². The van der Waals surface area contributed by atoms with Crippen LogP contribution in [0.3, 0.4) is 0 Å². The summed E-state index contributed by atoms with van der Waals surface area (Å²) in [6, 6.07) is 0. The maximum absolute atomic E-state index is 13.2. The van der Waals surface area contributed by atoms with Crippen LogP contribution in [-0.2, 0) is 17.5 Å². The SMILES string of the molecule is O=C(O)c1sc(OCC23CCC(OCc4c(-c5c(Cl)cncc5Cl)noc4C4CC4)(CC2)CC3)nc1C(F)(F)F. The molecule has 214 valence electrons. The molecule has 4 saturated carbocycles. The number of hydrogen-bond acceptors (Lipinski definition) is 8. The van der Waals surface area contributed by atoms with Crippen LogP contribution in [0, 0.1) is 5.41 Å². The maximum Gasteiger partial charge on any atom is 0.435 e. The Morgan fingerprint density at radius 2 is 1.77 bits per heavy atom. The average molecular weight is 618 g/mol. The first-order valence-electron chi connectivity index (χ1n) is 12.9. The van der Waals surface area contributed by atoms with E-state index in [1.807, 2.05) is 0 Å². The Morgan fingerprint density at radius 3 is 2.33 bits per heavy atom. The van der Waals surface area contributed by atoms with Gasteiger partial charge in [-0.1, -0.05) is 39.7 Å². The summed E-state index contributed by atoms with van der Waals surface area (Å²) < 4.78 is 57.6. The van der Waals surface area contributed by atoms with Crippen LogP contribution in [0.2, 0.25) is 10.0 Å². The van der Waals surface area contributed by atoms with E-state index >= 15 is 0 Å². The van der Waals surface area contributed by atoms with Gasteiger partial charge in [-0.15, -0.1) is 0 Å². The number of carboxylic acid groups (broad SMARTS) is 1. The van der Waals surface area contributed by atoms with Crippen molar-refractivity contribution in [2.24, 2.45) is 5.41 Å². The van der Waals surface area contributed by atoms with Crippen LogP contribution < -0.4 is 4.74 Å². The second-order valence-corrected chi connectivity index (χ2v) is 12.6. The van der Waals surface area contributed by atoms with Crippen molar-refractivity contribution in [2.75, 3.05) is 6.61 Å². The molecule has 2 bridgehead atoms. The average Bonchev–Trinajstić information content (AvgIpc) is 3.51. The van der Waals surface area contributed by atoms with Gasteiger partial charge in [-0.2, -0.15) is 18.2 Å². The Morgan fingerprint density at radius 1 is 1.12 bits per heavy atom. The zero-order valence-electron chi connectivity index (χ0n) is 21.0. The number of ether oxygens (including phenoxy) is 2. The number of hydrogen-bond donors (Lipinski definition) is 1. The van der Waals surface area contributed by atoms with E-state index in [-0.39, 0.29) is 22.8 Å². The van der Waals surface area contributed by atoms with Crippen LogP contribution >= 0.6 is 34.5 Å². The molecule has 40 heavy (non-hydrogen) atoms. The number of nitrogens with zero attached hydrogens (tertiary/aromatic N) is 3. The maximum atomic E-state index is 13.2. The van der Waals surface area contributed by atoms with Gasteiger partial charge in [0, 0.05) is 34.9 Å². The number of fused-ring (bicyclic) bond motifs is 3. The summed E-state index contributed by atoms with van der Waals surface area (Å²) in [5.74, 6) is -0.582. The quantitative estimate of drug-likeness (QED) is 0.259. The highest BCUT2D eigenvalue weighted by Crippen LogP contribution is 2.55. The first-order valence-corrected chi connectivity index (χ1v) is 14.4. The van der Waals surface area contributed by atoms with Crippen molar-refractivity contribution in [3.63, 3.8) is 0 Å². The van der Waals surface area contributed by atoms with Crippen molar-refractivity contribution in [1.29, 1.82) is 0 Å². The van der Waals surface area contributed by atoms with Crippen molar-refractivity contribution in [3.8, 4) is 16.5 Å². The van der Waals surface area contributed by atoms with Gasteiger partial charge in [0.15, 0.2) is 5.69 Å². The highest BCUT2D eigenvalue weighted by atomic mass is 35.5. The molecule has 4 aliphatic carbocycles. The number of aromatic nitrogens is 3. The highest BCUT2D eigenvalue weighted by molar-refractivity contribution is 7.15. The molecule has 0 saturated heterocycles. The smallest absolute Gasteiger partial charge is 0.435 e. The Balaban J connectivity index is 1.13. The number of rotatable bonds is 9. The summed E-state index contributed by atoms with van der Waals surface area (Å²) in [5.41, 5.74) is -0.0216. The molecule has 3 heterocycles. The molecule has 8 nitrogen and oxygen atoms in total. The molecule has 3 aromatic heterocycles. The van der Waals surface area contributed by atoms with Crippen molar-refractivity contribution in [1.82, 2.24) is 15.1 Å². The molecule has 3 aromatic rings. The lowest BCUT2D eigenvalue weighted by Crippen LogP contribution is -2.49. The molecule has 4 aliphatic rings. The molecule has 0 amide bonds. The standard InChI is InChI=1S/C26H24Cl2F3N3O5S/c27-15-9-32-10-16(28)17(15)18-14(19(39-34-18)13-1-2-13)11-38-25-6-3-24(4-7-25,5-8-25)12-37-23-33-21(26(29,30)31)20(40-23)22(35)36/h9-10,13H,1-8,11-12H2,(H,35,36). The number of pyridine rings is 1. The minimum atomic E-state index is -4.87. The van der Waals surface area contributed by atoms with Gasteiger partial charge >= 0.3 is 12.1 Å². The van der Waals surface area contributed by atoms with E-state index in [1.165, 1.54) is 12.4 Å². The largest absolute Gasteiger partial charge is 0.477 e. The molecule has 14 heteroatoms. The van der Waals surface area contributed by atoms with E-state index in [2.05, 4.69) is 15.1 Å². The Hall–Kier alpha value is -2.41. The number of carboxylic acids is 1. The first-order chi connectivity index (χ1) is 19.0. The van der Waals surface area contributed by atoms with Gasteiger partial charge < -0.3 is 19.1 Å². The summed E-state index contributed by atoms with van der Waals surface area (Å²) in [5, 5.41) is 13.9. The lowest BCUT2D eigenvalue weighted by atomic mass is 9.59. The van der Waals surface area contributed by atoms with E-state index in [4.69, 9.17) is 42.3 Å². The number of thiazole rings is 1. The number of aromatic carboxylic acids is 1. The first kappa shape index (κ1) is 27.7. The van der Waals surface area contributed by atoms with Gasteiger partial charge in [0.2, 0.25) is 0 Å². The Labute approximate surface area is 240 Å². The van der Waals surface area contributed by atoms with Crippen LogP contribution in [-0.4, -0.2) is 38.4 Å². The van der Waals surface area contributed by atoms with E-state index < -0.39 is 22.7 Å². The predicted molar refractivity (Wildman–Crippen MR) is 139 cm³/mol. The normalized spacial score (nSPS) is 24.4. The van der Waals surface area contributed by atoms with Crippen molar-refractivity contribution < 1.29 is 37.1 Å². The zero-order chi connectivity index (χ0) is 28.3. The van der Waals surface area contributed by atoms with E-state index in [0.717, 1.165) is 62.7 Å².